The Balaban J connectivity index is 1.86. The molecule has 1 saturated heterocycles. The lowest BCUT2D eigenvalue weighted by Gasteiger charge is -2.14. The molecule has 2 amide bonds. The van der Waals surface area contributed by atoms with Crippen LogP contribution < -0.4 is 10.2 Å². The van der Waals surface area contributed by atoms with E-state index < -0.39 is 0 Å². The van der Waals surface area contributed by atoms with Crippen LogP contribution in [0.5, 0.6) is 0 Å². The third kappa shape index (κ3) is 2.98. The second kappa shape index (κ2) is 5.80. The number of nitrogens with one attached hydrogen (secondary N) is 1. The van der Waals surface area contributed by atoms with Crippen LogP contribution in [0.15, 0.2) is 17.0 Å². The number of fused-ring (bicyclic) bond motifs is 1. The molecule has 2 aromatic heterocycles. The molecule has 0 radical (unpaired) electrons. The maximum atomic E-state index is 11.5. The number of hydrogen-bond acceptors (Lipinski definition) is 7. The summed E-state index contributed by atoms with van der Waals surface area (Å²) in [6.07, 6.45) is 1.75. The van der Waals surface area contributed by atoms with Crippen LogP contribution in [0.3, 0.4) is 0 Å². The van der Waals surface area contributed by atoms with Crippen molar-refractivity contribution in [2.45, 2.75) is 0 Å². The average Bonchev–Trinajstić information content (AvgIpc) is 3.04. The van der Waals surface area contributed by atoms with E-state index in [1.165, 1.54) is 0 Å². The van der Waals surface area contributed by atoms with Gasteiger partial charge in [0.2, 0.25) is 0 Å². The zero-order valence-electron chi connectivity index (χ0n) is 11.1. The molecule has 5 nitrogen and oxygen atoms in total. The molecule has 110 valence electrons. The Hall–Kier alpha value is -1.35. The van der Waals surface area contributed by atoms with E-state index in [2.05, 4.69) is 11.4 Å². The number of thioether (sulfide) groups is 1. The molecule has 8 heteroatoms. The van der Waals surface area contributed by atoms with Gasteiger partial charge in [-0.25, -0.2) is 0 Å². The highest BCUT2D eigenvalue weighted by Gasteiger charge is 2.25. The third-order valence-electron chi connectivity index (χ3n) is 2.94. The van der Waals surface area contributed by atoms with Crippen LogP contribution in [0.2, 0.25) is 0 Å². The zero-order valence-corrected chi connectivity index (χ0v) is 13.5. The van der Waals surface area contributed by atoms with Gasteiger partial charge in [0.15, 0.2) is 0 Å². The molecule has 21 heavy (non-hydrogen) atoms. The fraction of sp³-hybridized carbons (Fsp3) is 0.231. The Morgan fingerprint density at radius 1 is 1.29 bits per heavy atom. The van der Waals surface area contributed by atoms with Crippen LogP contribution in [-0.4, -0.2) is 36.5 Å². The summed E-state index contributed by atoms with van der Waals surface area (Å²) in [6.45, 7) is 0.726. The lowest BCUT2D eigenvalue weighted by molar-refractivity contribution is -0.115. The SMILES string of the molecule is CN(CCO)c1cc2sc(/C=C3\SC(=O)NC3=O)cc2s1. The van der Waals surface area contributed by atoms with Gasteiger partial charge in [-0.1, -0.05) is 0 Å². The molecule has 2 aromatic rings. The number of thiophene rings is 2. The van der Waals surface area contributed by atoms with Crippen molar-refractivity contribution in [1.82, 2.24) is 5.32 Å². The Morgan fingerprint density at radius 2 is 2.05 bits per heavy atom. The molecule has 0 aromatic carbocycles. The van der Waals surface area contributed by atoms with Gasteiger partial charge in [-0.2, -0.15) is 0 Å². The summed E-state index contributed by atoms with van der Waals surface area (Å²) in [6, 6.07) is 4.10. The number of amides is 2. The van der Waals surface area contributed by atoms with Crippen molar-refractivity contribution in [3.8, 4) is 0 Å². The number of hydrogen-bond donors (Lipinski definition) is 2. The highest BCUT2D eigenvalue weighted by Crippen LogP contribution is 2.39. The first-order valence-electron chi connectivity index (χ1n) is 6.17. The monoisotopic (exact) mass is 340 g/mol. The number of nitrogens with zero attached hydrogens (tertiary/aromatic N) is 1. The van der Waals surface area contributed by atoms with E-state index in [0.717, 1.165) is 31.0 Å². The minimum Gasteiger partial charge on any atom is -0.395 e. The lowest BCUT2D eigenvalue weighted by Crippen LogP contribution is -2.19. The maximum Gasteiger partial charge on any atom is 0.290 e. The molecule has 1 fully saturated rings. The highest BCUT2D eigenvalue weighted by atomic mass is 32.2. The molecule has 1 aliphatic heterocycles. The van der Waals surface area contributed by atoms with Gasteiger partial charge < -0.3 is 10.0 Å². The number of likely N-dealkylation sites (N-methyl/N-ethyl adjacent to an activating group) is 1. The van der Waals surface area contributed by atoms with Crippen molar-refractivity contribution in [2.24, 2.45) is 0 Å². The number of anilines is 1. The summed E-state index contributed by atoms with van der Waals surface area (Å²) in [5.74, 6) is -0.329. The summed E-state index contributed by atoms with van der Waals surface area (Å²) in [4.78, 5) is 26.0. The highest BCUT2D eigenvalue weighted by molar-refractivity contribution is 8.18. The van der Waals surface area contributed by atoms with Crippen LogP contribution in [0.4, 0.5) is 9.80 Å². The van der Waals surface area contributed by atoms with Gasteiger partial charge in [0, 0.05) is 27.9 Å². The van der Waals surface area contributed by atoms with E-state index in [0.29, 0.717) is 11.4 Å². The van der Waals surface area contributed by atoms with Crippen LogP contribution in [0, 0.1) is 0 Å². The van der Waals surface area contributed by atoms with Crippen LogP contribution in [0.25, 0.3) is 15.5 Å². The Bertz CT molecular complexity index is 716. The van der Waals surface area contributed by atoms with Crippen molar-refractivity contribution in [3.63, 3.8) is 0 Å². The van der Waals surface area contributed by atoms with Gasteiger partial charge in [0.25, 0.3) is 11.1 Å². The van der Waals surface area contributed by atoms with Crippen molar-refractivity contribution in [2.75, 3.05) is 25.1 Å². The van der Waals surface area contributed by atoms with Crippen molar-refractivity contribution < 1.29 is 14.7 Å². The fourth-order valence-electron chi connectivity index (χ4n) is 1.91. The molecular formula is C13H12N2O3S3. The van der Waals surface area contributed by atoms with Crippen LogP contribution in [-0.2, 0) is 4.79 Å². The third-order valence-corrected chi connectivity index (χ3v) is 6.11. The molecule has 2 N–H and O–H groups in total. The first kappa shape index (κ1) is 14.6. The maximum absolute atomic E-state index is 11.5. The lowest BCUT2D eigenvalue weighted by atomic mass is 10.4. The Labute approximate surface area is 133 Å². The molecule has 0 aliphatic carbocycles. The second-order valence-corrected chi connectivity index (χ2v) is 7.65. The second-order valence-electron chi connectivity index (χ2n) is 4.46. The molecular weight excluding hydrogens is 328 g/mol. The molecule has 0 bridgehead atoms. The van der Waals surface area contributed by atoms with Crippen molar-refractivity contribution in [1.29, 1.82) is 0 Å². The van der Waals surface area contributed by atoms with Gasteiger partial charge in [0.1, 0.15) is 0 Å². The van der Waals surface area contributed by atoms with Gasteiger partial charge in [0.05, 0.1) is 16.5 Å². The molecule has 3 heterocycles. The Morgan fingerprint density at radius 3 is 2.67 bits per heavy atom. The number of carbonyl (C=O) groups is 2. The van der Waals surface area contributed by atoms with Gasteiger partial charge in [-0.15, -0.1) is 22.7 Å². The molecule has 3 rings (SSSR count). The standard InChI is InChI=1S/C13H12N2O3S3/c1-15(2-3-16)11-6-9-8(20-11)4-7(19-9)5-10-12(17)14-13(18)21-10/h4-6,16H,2-3H2,1H3,(H,14,17,18)/b10-5-. The van der Waals surface area contributed by atoms with Gasteiger partial charge in [-0.05, 0) is 30.0 Å². The van der Waals surface area contributed by atoms with Crippen molar-refractivity contribution >= 4 is 66.1 Å². The normalized spacial score (nSPS) is 17.0. The number of carbonyl (C=O) groups excluding carboxylic acids is 2. The smallest absolute Gasteiger partial charge is 0.290 e. The first-order chi connectivity index (χ1) is 10.1. The summed E-state index contributed by atoms with van der Waals surface area (Å²) >= 11 is 4.16. The topological polar surface area (TPSA) is 69.6 Å². The van der Waals surface area contributed by atoms with E-state index in [9.17, 15) is 9.59 Å². The minimum absolute atomic E-state index is 0.125. The van der Waals surface area contributed by atoms with E-state index in [4.69, 9.17) is 5.11 Å². The van der Waals surface area contributed by atoms with Crippen LogP contribution in [0.1, 0.15) is 4.88 Å². The molecule has 1 aliphatic rings. The molecule has 0 atom stereocenters. The largest absolute Gasteiger partial charge is 0.395 e. The summed E-state index contributed by atoms with van der Waals surface area (Å²) in [5.41, 5.74) is 0. The van der Waals surface area contributed by atoms with E-state index in [-0.39, 0.29) is 17.8 Å². The number of aliphatic hydroxyl groups is 1. The first-order valence-corrected chi connectivity index (χ1v) is 8.62. The molecule has 0 unspecified atom stereocenters. The fourth-order valence-corrected chi connectivity index (χ4v) is 4.99. The Kier molecular flexibility index (Phi) is 4.03. The number of imide groups is 1. The molecule has 0 spiro atoms. The average molecular weight is 340 g/mol. The van der Waals surface area contributed by atoms with Crippen molar-refractivity contribution in [3.05, 3.63) is 21.9 Å². The summed E-state index contributed by atoms with van der Waals surface area (Å²) < 4.78 is 2.28. The van der Waals surface area contributed by atoms with E-state index >= 15 is 0 Å². The van der Waals surface area contributed by atoms with Gasteiger partial charge in [-0.3, -0.25) is 14.9 Å². The zero-order chi connectivity index (χ0) is 15.0. The predicted octanol–water partition coefficient (Wildman–Crippen LogP) is 2.72. The van der Waals surface area contributed by atoms with E-state index in [1.54, 1.807) is 28.7 Å². The molecule has 0 saturated carbocycles. The number of rotatable bonds is 4. The van der Waals surface area contributed by atoms with E-state index in [1.807, 2.05) is 18.0 Å². The quantitative estimate of drug-likeness (QED) is 0.838. The summed E-state index contributed by atoms with van der Waals surface area (Å²) in [7, 11) is 1.94. The minimum atomic E-state index is -0.329. The predicted molar refractivity (Wildman–Crippen MR) is 89.2 cm³/mol. The van der Waals surface area contributed by atoms with Gasteiger partial charge >= 0.3 is 0 Å². The number of aliphatic hydroxyl groups excluding tert-OH is 1. The summed E-state index contributed by atoms with van der Waals surface area (Å²) in [5, 5.41) is 12.0. The van der Waals surface area contributed by atoms with Crippen LogP contribution >= 0.6 is 34.4 Å².